The Morgan fingerprint density at radius 1 is 1.62 bits per heavy atom. The van der Waals surface area contributed by atoms with Gasteiger partial charge < -0.3 is 4.74 Å². The molecule has 0 atom stereocenters. The molecule has 0 aliphatic carbocycles. The number of rotatable bonds is 4. The summed E-state index contributed by atoms with van der Waals surface area (Å²) in [5.74, 6) is 0.374. The largest absolute Gasteiger partial charge is 0.469 e. The number of carbonyl (C=O) groups is 1. The Bertz CT molecular complexity index is 428. The molecule has 1 aromatic rings. The number of hydrogen-bond donors (Lipinski definition) is 0. The molecular formula is C11H10BrNO2S. The molecule has 1 aromatic carbocycles. The van der Waals surface area contributed by atoms with Crippen LogP contribution < -0.4 is 0 Å². The molecule has 0 bridgehead atoms. The van der Waals surface area contributed by atoms with E-state index in [1.54, 1.807) is 0 Å². The van der Waals surface area contributed by atoms with Crippen LogP contribution in [0.25, 0.3) is 0 Å². The second-order valence-electron chi connectivity index (χ2n) is 2.90. The minimum absolute atomic E-state index is 0.235. The van der Waals surface area contributed by atoms with Crippen molar-refractivity contribution >= 4 is 33.7 Å². The van der Waals surface area contributed by atoms with E-state index in [0.29, 0.717) is 17.7 Å². The number of carbonyl (C=O) groups excluding carboxylic acids is 1. The molecule has 84 valence electrons. The maximum atomic E-state index is 10.9. The molecule has 0 N–H and O–H groups in total. The fraction of sp³-hybridized carbons (Fsp3) is 0.273. The molecule has 0 saturated heterocycles. The van der Waals surface area contributed by atoms with E-state index in [9.17, 15) is 4.79 Å². The molecule has 0 spiro atoms. The lowest BCUT2D eigenvalue weighted by Crippen LogP contribution is -2.01. The van der Waals surface area contributed by atoms with Gasteiger partial charge in [0.1, 0.15) is 6.07 Å². The van der Waals surface area contributed by atoms with Gasteiger partial charge in [-0.2, -0.15) is 5.26 Å². The molecular weight excluding hydrogens is 290 g/mol. The molecule has 0 unspecified atom stereocenters. The second-order valence-corrected chi connectivity index (χ2v) is 4.89. The molecule has 0 saturated carbocycles. The number of benzene rings is 1. The van der Waals surface area contributed by atoms with Crippen LogP contribution in [0.2, 0.25) is 0 Å². The summed E-state index contributed by atoms with van der Waals surface area (Å²) in [5, 5.41) is 8.97. The van der Waals surface area contributed by atoms with Gasteiger partial charge in [0.15, 0.2) is 0 Å². The minimum Gasteiger partial charge on any atom is -0.469 e. The van der Waals surface area contributed by atoms with E-state index in [-0.39, 0.29) is 5.97 Å². The van der Waals surface area contributed by atoms with Crippen molar-refractivity contribution in [3.05, 3.63) is 28.2 Å². The Morgan fingerprint density at radius 2 is 2.38 bits per heavy atom. The van der Waals surface area contributed by atoms with Crippen molar-refractivity contribution in [1.82, 2.24) is 0 Å². The molecule has 16 heavy (non-hydrogen) atoms. The van der Waals surface area contributed by atoms with Crippen molar-refractivity contribution in [3.63, 3.8) is 0 Å². The van der Waals surface area contributed by atoms with Crippen molar-refractivity contribution in [3.8, 4) is 6.07 Å². The lowest BCUT2D eigenvalue weighted by atomic mass is 10.2. The molecule has 0 radical (unpaired) electrons. The van der Waals surface area contributed by atoms with Gasteiger partial charge in [-0.3, -0.25) is 4.79 Å². The van der Waals surface area contributed by atoms with Crippen molar-refractivity contribution in [2.75, 3.05) is 12.9 Å². The van der Waals surface area contributed by atoms with Crippen molar-refractivity contribution in [2.24, 2.45) is 0 Å². The maximum absolute atomic E-state index is 10.9. The number of halogens is 1. The van der Waals surface area contributed by atoms with Gasteiger partial charge in [0.05, 0.1) is 19.1 Å². The number of nitrogens with zero attached hydrogens (tertiary/aromatic N) is 1. The Kier molecular flexibility index (Phi) is 5.36. The number of ether oxygens (including phenoxy) is 1. The van der Waals surface area contributed by atoms with Gasteiger partial charge in [-0.1, -0.05) is 6.07 Å². The highest BCUT2D eigenvalue weighted by Gasteiger charge is 2.07. The first-order valence-corrected chi connectivity index (χ1v) is 6.35. The van der Waals surface area contributed by atoms with Crippen molar-refractivity contribution < 1.29 is 9.53 Å². The van der Waals surface area contributed by atoms with Gasteiger partial charge in [0.2, 0.25) is 0 Å². The lowest BCUT2D eigenvalue weighted by Gasteiger charge is -2.04. The van der Waals surface area contributed by atoms with Crippen LogP contribution >= 0.6 is 27.7 Å². The molecule has 1 rings (SSSR count). The Balaban J connectivity index is 2.64. The van der Waals surface area contributed by atoms with Crippen LogP contribution in [0, 0.1) is 11.3 Å². The molecule has 0 aliphatic rings. The predicted molar refractivity (Wildman–Crippen MR) is 66.2 cm³/mol. The van der Waals surface area contributed by atoms with Crippen LogP contribution in [0.1, 0.15) is 12.0 Å². The van der Waals surface area contributed by atoms with Gasteiger partial charge in [0.25, 0.3) is 0 Å². The summed E-state index contributed by atoms with van der Waals surface area (Å²) in [6, 6.07) is 7.69. The zero-order valence-corrected chi connectivity index (χ0v) is 11.1. The first-order chi connectivity index (χ1) is 7.69. The third-order valence-electron chi connectivity index (χ3n) is 1.88. The maximum Gasteiger partial charge on any atom is 0.306 e. The topological polar surface area (TPSA) is 50.1 Å². The summed E-state index contributed by atoms with van der Waals surface area (Å²) >= 11 is 4.79. The summed E-state index contributed by atoms with van der Waals surface area (Å²) in [5.41, 5.74) is 0.609. The molecule has 5 heteroatoms. The van der Waals surface area contributed by atoms with E-state index < -0.39 is 0 Å². The molecule has 0 aromatic heterocycles. The molecule has 3 nitrogen and oxygen atoms in total. The predicted octanol–water partition coefficient (Wildman–Crippen LogP) is 2.98. The zero-order valence-electron chi connectivity index (χ0n) is 8.70. The monoisotopic (exact) mass is 299 g/mol. The van der Waals surface area contributed by atoms with E-state index >= 15 is 0 Å². The van der Waals surface area contributed by atoms with E-state index in [4.69, 9.17) is 5.26 Å². The third-order valence-corrected chi connectivity index (χ3v) is 3.60. The van der Waals surface area contributed by atoms with Crippen LogP contribution in [-0.4, -0.2) is 18.8 Å². The summed E-state index contributed by atoms with van der Waals surface area (Å²) in [6.45, 7) is 0. The van der Waals surface area contributed by atoms with Crippen molar-refractivity contribution in [2.45, 2.75) is 11.3 Å². The van der Waals surface area contributed by atoms with Gasteiger partial charge in [-0.25, -0.2) is 0 Å². The molecule has 0 heterocycles. The first kappa shape index (κ1) is 13.1. The first-order valence-electron chi connectivity index (χ1n) is 4.57. The smallest absolute Gasteiger partial charge is 0.306 e. The van der Waals surface area contributed by atoms with E-state index in [0.717, 1.165) is 9.37 Å². The summed E-state index contributed by atoms with van der Waals surface area (Å²) < 4.78 is 5.32. The summed E-state index contributed by atoms with van der Waals surface area (Å²) in [7, 11) is 1.37. The normalized spacial score (nSPS) is 9.56. The second kappa shape index (κ2) is 6.56. The summed E-state index contributed by atoms with van der Waals surface area (Å²) in [4.78, 5) is 11.8. The lowest BCUT2D eigenvalue weighted by molar-refractivity contribution is -0.140. The average molecular weight is 300 g/mol. The number of esters is 1. The minimum atomic E-state index is -0.235. The SMILES string of the molecule is COC(=O)CCSc1cccc(Br)c1C#N. The van der Waals surface area contributed by atoms with E-state index in [2.05, 4.69) is 26.7 Å². The van der Waals surface area contributed by atoms with Crippen LogP contribution in [-0.2, 0) is 9.53 Å². The fourth-order valence-corrected chi connectivity index (χ4v) is 2.63. The van der Waals surface area contributed by atoms with Crippen LogP contribution in [0.4, 0.5) is 0 Å². The number of methoxy groups -OCH3 is 1. The van der Waals surface area contributed by atoms with Gasteiger partial charge in [-0.15, -0.1) is 11.8 Å². The number of nitriles is 1. The fourth-order valence-electron chi connectivity index (χ4n) is 1.08. The number of thioether (sulfide) groups is 1. The van der Waals surface area contributed by atoms with Gasteiger partial charge >= 0.3 is 5.97 Å². The van der Waals surface area contributed by atoms with Gasteiger partial charge in [0, 0.05) is 15.1 Å². The molecule has 0 fully saturated rings. The third kappa shape index (κ3) is 3.54. The highest BCUT2D eigenvalue weighted by atomic mass is 79.9. The number of hydrogen-bond acceptors (Lipinski definition) is 4. The highest BCUT2D eigenvalue weighted by Crippen LogP contribution is 2.28. The highest BCUT2D eigenvalue weighted by molar-refractivity contribution is 9.10. The zero-order chi connectivity index (χ0) is 12.0. The Morgan fingerprint density at radius 3 is 3.00 bits per heavy atom. The Labute approximate surface area is 107 Å². The standard InChI is InChI=1S/C11H10BrNO2S/c1-15-11(14)5-6-16-10-4-2-3-9(12)8(10)7-13/h2-4H,5-6H2,1H3. The van der Waals surface area contributed by atoms with Crippen LogP contribution in [0.15, 0.2) is 27.6 Å². The van der Waals surface area contributed by atoms with Crippen LogP contribution in [0.5, 0.6) is 0 Å². The van der Waals surface area contributed by atoms with E-state index in [1.807, 2.05) is 18.2 Å². The molecule has 0 amide bonds. The quantitative estimate of drug-likeness (QED) is 0.633. The van der Waals surface area contributed by atoms with E-state index in [1.165, 1.54) is 18.9 Å². The average Bonchev–Trinajstić information content (AvgIpc) is 2.29. The van der Waals surface area contributed by atoms with Crippen LogP contribution in [0.3, 0.4) is 0 Å². The molecule has 0 aliphatic heterocycles. The van der Waals surface area contributed by atoms with Crippen molar-refractivity contribution in [1.29, 1.82) is 5.26 Å². The van der Waals surface area contributed by atoms with Gasteiger partial charge in [-0.05, 0) is 28.1 Å². The summed E-state index contributed by atoms with van der Waals surface area (Å²) in [6.07, 6.45) is 0.346. The Hall–Kier alpha value is -0.990.